The zero-order valence-corrected chi connectivity index (χ0v) is 12.2. The minimum absolute atomic E-state index is 0.472. The lowest BCUT2D eigenvalue weighted by Crippen LogP contribution is -2.00. The van der Waals surface area contributed by atoms with Gasteiger partial charge in [0.05, 0.1) is 11.1 Å². The number of aromatic nitrogens is 1. The molecule has 0 amide bonds. The number of hydrogen-bond acceptors (Lipinski definition) is 4. The second-order valence-corrected chi connectivity index (χ2v) is 4.68. The minimum Gasteiger partial charge on any atom is -0.490 e. The van der Waals surface area contributed by atoms with Gasteiger partial charge in [0, 0.05) is 25.0 Å². The summed E-state index contributed by atoms with van der Waals surface area (Å²) in [6, 6.07) is 7.47. The van der Waals surface area contributed by atoms with Gasteiger partial charge in [0.15, 0.2) is 11.5 Å². The molecule has 100 valence electrons. The van der Waals surface area contributed by atoms with E-state index in [4.69, 9.17) is 15.2 Å². The predicted molar refractivity (Wildman–Crippen MR) is 77.5 cm³/mol. The smallest absolute Gasteiger partial charge is 0.169 e. The zero-order chi connectivity index (χ0) is 13.7. The summed E-state index contributed by atoms with van der Waals surface area (Å²) in [6.07, 6.45) is 3.36. The first kappa shape index (κ1) is 13.8. The molecule has 1 heterocycles. The molecule has 0 unspecified atom stereocenters. The normalized spacial score (nSPS) is 10.3. The number of rotatable bonds is 5. The largest absolute Gasteiger partial charge is 0.490 e. The van der Waals surface area contributed by atoms with Crippen molar-refractivity contribution in [3.8, 4) is 17.2 Å². The molecule has 0 aliphatic heterocycles. The van der Waals surface area contributed by atoms with E-state index in [1.165, 1.54) is 0 Å². The van der Waals surface area contributed by atoms with Crippen LogP contribution >= 0.6 is 15.9 Å². The van der Waals surface area contributed by atoms with Crippen LogP contribution in [0.25, 0.3) is 0 Å². The van der Waals surface area contributed by atoms with Crippen molar-refractivity contribution in [3.05, 3.63) is 46.7 Å². The van der Waals surface area contributed by atoms with E-state index in [1.54, 1.807) is 18.5 Å². The number of nitrogens with zero attached hydrogens (tertiary/aromatic N) is 1. The lowest BCUT2D eigenvalue weighted by atomic mass is 10.2. The Morgan fingerprint density at radius 2 is 2.05 bits per heavy atom. The van der Waals surface area contributed by atoms with Crippen LogP contribution in [-0.2, 0) is 6.54 Å². The molecule has 1 aromatic heterocycles. The molecule has 0 atom stereocenters. The number of pyridine rings is 1. The Hall–Kier alpha value is -1.59. The molecule has 0 saturated carbocycles. The van der Waals surface area contributed by atoms with Crippen LogP contribution in [0.15, 0.2) is 41.1 Å². The fraction of sp³-hybridized carbons (Fsp3) is 0.214. The van der Waals surface area contributed by atoms with Crippen molar-refractivity contribution in [1.29, 1.82) is 0 Å². The first-order chi connectivity index (χ1) is 9.24. The average molecular weight is 323 g/mol. The third-order valence-electron chi connectivity index (χ3n) is 2.50. The molecule has 2 N–H and O–H groups in total. The standard InChI is InChI=1S/C14H15BrN2O2/c1-2-18-14-7-10(8-16)3-4-13(14)19-12-5-6-17-9-11(12)15/h3-7,9H,2,8,16H2,1H3. The summed E-state index contributed by atoms with van der Waals surface area (Å²) in [6.45, 7) is 2.97. The van der Waals surface area contributed by atoms with Gasteiger partial charge in [-0.1, -0.05) is 6.07 Å². The highest BCUT2D eigenvalue weighted by Gasteiger charge is 2.09. The van der Waals surface area contributed by atoms with Gasteiger partial charge < -0.3 is 15.2 Å². The molecule has 0 bridgehead atoms. The van der Waals surface area contributed by atoms with Gasteiger partial charge in [0.1, 0.15) is 5.75 Å². The van der Waals surface area contributed by atoms with Gasteiger partial charge in [-0.2, -0.15) is 0 Å². The maximum Gasteiger partial charge on any atom is 0.169 e. The summed E-state index contributed by atoms with van der Waals surface area (Å²) in [4.78, 5) is 4.00. The molecule has 0 spiro atoms. The van der Waals surface area contributed by atoms with Gasteiger partial charge in [0.25, 0.3) is 0 Å². The lowest BCUT2D eigenvalue weighted by Gasteiger charge is -2.13. The molecule has 1 aromatic carbocycles. The van der Waals surface area contributed by atoms with Crippen molar-refractivity contribution in [2.45, 2.75) is 13.5 Å². The van der Waals surface area contributed by atoms with Crippen LogP contribution in [0, 0.1) is 0 Å². The van der Waals surface area contributed by atoms with Crippen LogP contribution in [0.2, 0.25) is 0 Å². The van der Waals surface area contributed by atoms with Crippen molar-refractivity contribution in [2.75, 3.05) is 6.61 Å². The van der Waals surface area contributed by atoms with E-state index in [2.05, 4.69) is 20.9 Å². The molecule has 0 saturated heterocycles. The third kappa shape index (κ3) is 3.45. The Labute approximate surface area is 120 Å². The third-order valence-corrected chi connectivity index (χ3v) is 3.09. The van der Waals surface area contributed by atoms with Gasteiger partial charge in [-0.15, -0.1) is 0 Å². The van der Waals surface area contributed by atoms with Crippen molar-refractivity contribution >= 4 is 15.9 Å². The maximum absolute atomic E-state index is 5.84. The molecule has 0 radical (unpaired) electrons. The molecule has 0 fully saturated rings. The molecular weight excluding hydrogens is 308 g/mol. The number of nitrogens with two attached hydrogens (primary N) is 1. The minimum atomic E-state index is 0.472. The van der Waals surface area contributed by atoms with E-state index in [0.29, 0.717) is 30.4 Å². The molecular formula is C14H15BrN2O2. The first-order valence-corrected chi connectivity index (χ1v) is 6.77. The van der Waals surface area contributed by atoms with E-state index in [0.717, 1.165) is 10.0 Å². The second kappa shape index (κ2) is 6.54. The maximum atomic E-state index is 5.84. The summed E-state index contributed by atoms with van der Waals surface area (Å²) >= 11 is 3.40. The quantitative estimate of drug-likeness (QED) is 0.915. The Kier molecular flexibility index (Phi) is 4.76. The first-order valence-electron chi connectivity index (χ1n) is 5.97. The lowest BCUT2D eigenvalue weighted by molar-refractivity contribution is 0.320. The number of hydrogen-bond donors (Lipinski definition) is 1. The fourth-order valence-corrected chi connectivity index (χ4v) is 1.93. The summed E-state index contributed by atoms with van der Waals surface area (Å²) in [7, 11) is 0. The van der Waals surface area contributed by atoms with E-state index < -0.39 is 0 Å². The SMILES string of the molecule is CCOc1cc(CN)ccc1Oc1ccncc1Br. The summed E-state index contributed by atoms with van der Waals surface area (Å²) in [5.41, 5.74) is 6.63. The fourth-order valence-electron chi connectivity index (χ4n) is 1.60. The van der Waals surface area contributed by atoms with Crippen LogP contribution in [-0.4, -0.2) is 11.6 Å². The summed E-state index contributed by atoms with van der Waals surface area (Å²) in [5, 5.41) is 0. The van der Waals surface area contributed by atoms with E-state index >= 15 is 0 Å². The molecule has 19 heavy (non-hydrogen) atoms. The van der Waals surface area contributed by atoms with Gasteiger partial charge in [-0.25, -0.2) is 0 Å². The van der Waals surface area contributed by atoms with Crippen LogP contribution in [0.4, 0.5) is 0 Å². The number of halogens is 1. The van der Waals surface area contributed by atoms with Gasteiger partial charge in [-0.05, 0) is 40.5 Å². The molecule has 0 aliphatic carbocycles. The van der Waals surface area contributed by atoms with Crippen molar-refractivity contribution < 1.29 is 9.47 Å². The van der Waals surface area contributed by atoms with Crippen LogP contribution in [0.5, 0.6) is 17.2 Å². The molecule has 0 aliphatic rings. The predicted octanol–water partition coefficient (Wildman–Crippen LogP) is 3.49. The summed E-state index contributed by atoms with van der Waals surface area (Å²) < 4.78 is 12.2. The van der Waals surface area contributed by atoms with E-state index in [1.807, 2.05) is 25.1 Å². The molecule has 5 heteroatoms. The van der Waals surface area contributed by atoms with Crippen LogP contribution < -0.4 is 15.2 Å². The monoisotopic (exact) mass is 322 g/mol. The van der Waals surface area contributed by atoms with E-state index in [-0.39, 0.29) is 0 Å². The van der Waals surface area contributed by atoms with E-state index in [9.17, 15) is 0 Å². The van der Waals surface area contributed by atoms with Crippen molar-refractivity contribution in [2.24, 2.45) is 5.73 Å². The van der Waals surface area contributed by atoms with Crippen LogP contribution in [0.3, 0.4) is 0 Å². The average Bonchev–Trinajstić information content (AvgIpc) is 2.43. The Bertz CT molecular complexity index is 561. The number of ether oxygens (including phenoxy) is 2. The highest BCUT2D eigenvalue weighted by Crippen LogP contribution is 2.35. The highest BCUT2D eigenvalue weighted by atomic mass is 79.9. The molecule has 2 rings (SSSR count). The van der Waals surface area contributed by atoms with Crippen molar-refractivity contribution in [3.63, 3.8) is 0 Å². The number of benzene rings is 1. The highest BCUT2D eigenvalue weighted by molar-refractivity contribution is 9.10. The second-order valence-electron chi connectivity index (χ2n) is 3.83. The van der Waals surface area contributed by atoms with Crippen LogP contribution in [0.1, 0.15) is 12.5 Å². The Morgan fingerprint density at radius 3 is 2.74 bits per heavy atom. The zero-order valence-electron chi connectivity index (χ0n) is 10.6. The topological polar surface area (TPSA) is 57.4 Å². The summed E-state index contributed by atoms with van der Waals surface area (Å²) in [5.74, 6) is 2.04. The van der Waals surface area contributed by atoms with Gasteiger partial charge in [0.2, 0.25) is 0 Å². The molecule has 2 aromatic rings. The van der Waals surface area contributed by atoms with Gasteiger partial charge >= 0.3 is 0 Å². The van der Waals surface area contributed by atoms with Crippen molar-refractivity contribution in [1.82, 2.24) is 4.98 Å². The molecule has 4 nitrogen and oxygen atoms in total. The Balaban J connectivity index is 2.31. The Morgan fingerprint density at radius 1 is 1.21 bits per heavy atom. The van der Waals surface area contributed by atoms with Gasteiger partial charge in [-0.3, -0.25) is 4.98 Å².